The fraction of sp³-hybridized carbons (Fsp3) is 0.600. The van der Waals surface area contributed by atoms with E-state index in [1.54, 1.807) is 6.07 Å². The van der Waals surface area contributed by atoms with Gasteiger partial charge in [-0.1, -0.05) is 26.8 Å². The third-order valence-electron chi connectivity index (χ3n) is 3.96. The summed E-state index contributed by atoms with van der Waals surface area (Å²) < 4.78 is 37.8. The van der Waals surface area contributed by atoms with Gasteiger partial charge in [0.1, 0.15) is 0 Å². The number of ether oxygens (including phenoxy) is 2. The lowest BCUT2D eigenvalue weighted by molar-refractivity contribution is 0.0576. The molecule has 2 rings (SSSR count). The minimum Gasteiger partial charge on any atom is -0.493 e. The molecule has 1 saturated heterocycles. The fourth-order valence-electron chi connectivity index (χ4n) is 2.97. The highest BCUT2D eigenvalue weighted by atomic mass is 19.2. The highest BCUT2D eigenvalue weighted by Crippen LogP contribution is 2.42. The van der Waals surface area contributed by atoms with Gasteiger partial charge in [-0.15, -0.1) is 0 Å². The Morgan fingerprint density at radius 3 is 2.53 bits per heavy atom. The molecule has 1 aliphatic rings. The second-order valence-electron chi connectivity index (χ2n) is 5.49. The van der Waals surface area contributed by atoms with Crippen LogP contribution in [0.4, 0.5) is 8.78 Å². The van der Waals surface area contributed by atoms with Crippen LogP contribution in [0, 0.1) is 23.5 Å². The molecule has 4 heteroatoms. The first kappa shape index (κ1) is 14.3. The minimum atomic E-state index is -0.916. The van der Waals surface area contributed by atoms with Crippen LogP contribution in [0.3, 0.4) is 0 Å². The van der Waals surface area contributed by atoms with E-state index in [2.05, 4.69) is 20.8 Å². The molecule has 1 aromatic carbocycles. The molecule has 2 nitrogen and oxygen atoms in total. The lowest BCUT2D eigenvalue weighted by Gasteiger charge is -2.22. The lowest BCUT2D eigenvalue weighted by Crippen LogP contribution is -2.22. The maximum Gasteiger partial charge on any atom is 0.200 e. The van der Waals surface area contributed by atoms with Crippen LogP contribution in [0.15, 0.2) is 12.1 Å². The molecule has 1 aliphatic heterocycles. The smallest absolute Gasteiger partial charge is 0.200 e. The average Bonchev–Trinajstić information content (AvgIpc) is 2.74. The van der Waals surface area contributed by atoms with Crippen molar-refractivity contribution in [2.45, 2.75) is 32.8 Å². The highest BCUT2D eigenvalue weighted by Gasteiger charge is 2.38. The van der Waals surface area contributed by atoms with Crippen molar-refractivity contribution in [2.24, 2.45) is 11.8 Å². The van der Waals surface area contributed by atoms with E-state index in [0.717, 1.165) is 6.07 Å². The van der Waals surface area contributed by atoms with Gasteiger partial charge in [0.15, 0.2) is 11.6 Å². The van der Waals surface area contributed by atoms with E-state index >= 15 is 0 Å². The molecule has 0 aliphatic carbocycles. The molecule has 0 N–H and O–H groups in total. The van der Waals surface area contributed by atoms with Crippen molar-refractivity contribution in [2.75, 3.05) is 13.7 Å². The Morgan fingerprint density at radius 2 is 2.00 bits per heavy atom. The Kier molecular flexibility index (Phi) is 4.09. The zero-order valence-electron chi connectivity index (χ0n) is 11.7. The molecular formula is C15H20F2O2. The van der Waals surface area contributed by atoms with Gasteiger partial charge in [-0.3, -0.25) is 0 Å². The van der Waals surface area contributed by atoms with Crippen LogP contribution in [0.1, 0.15) is 32.3 Å². The Labute approximate surface area is 112 Å². The number of hydrogen-bond donors (Lipinski definition) is 0. The lowest BCUT2D eigenvalue weighted by atomic mass is 9.83. The number of halogens is 2. The molecule has 106 valence electrons. The fourth-order valence-corrected chi connectivity index (χ4v) is 2.97. The summed E-state index contributed by atoms with van der Waals surface area (Å²) in [6.07, 6.45) is 0.142. The zero-order valence-corrected chi connectivity index (χ0v) is 11.7. The van der Waals surface area contributed by atoms with E-state index < -0.39 is 11.6 Å². The molecule has 0 aromatic heterocycles. The molecule has 0 bridgehead atoms. The van der Waals surface area contributed by atoms with Gasteiger partial charge in [0.05, 0.1) is 19.8 Å². The predicted octanol–water partition coefficient (Wildman–Crippen LogP) is 3.75. The molecule has 0 radical (unpaired) electrons. The van der Waals surface area contributed by atoms with Gasteiger partial charge in [-0.25, -0.2) is 4.39 Å². The molecule has 19 heavy (non-hydrogen) atoms. The monoisotopic (exact) mass is 270 g/mol. The number of benzene rings is 1. The van der Waals surface area contributed by atoms with Gasteiger partial charge in [0.2, 0.25) is 5.82 Å². The summed E-state index contributed by atoms with van der Waals surface area (Å²) in [6, 6.07) is 2.76. The van der Waals surface area contributed by atoms with E-state index in [1.165, 1.54) is 7.11 Å². The first-order valence-corrected chi connectivity index (χ1v) is 6.60. The van der Waals surface area contributed by atoms with Crippen LogP contribution in [0.5, 0.6) is 5.75 Å². The van der Waals surface area contributed by atoms with E-state index in [-0.39, 0.29) is 23.7 Å². The largest absolute Gasteiger partial charge is 0.493 e. The number of methoxy groups -OCH3 is 1. The van der Waals surface area contributed by atoms with Gasteiger partial charge >= 0.3 is 0 Å². The normalized spacial score (nSPS) is 27.0. The van der Waals surface area contributed by atoms with E-state index in [4.69, 9.17) is 9.47 Å². The molecule has 0 amide bonds. The summed E-state index contributed by atoms with van der Waals surface area (Å²) in [5.41, 5.74) is 0.692. The number of hydrogen-bond acceptors (Lipinski definition) is 2. The van der Waals surface area contributed by atoms with E-state index in [1.807, 2.05) is 0 Å². The molecule has 0 spiro atoms. The maximum absolute atomic E-state index is 13.8. The van der Waals surface area contributed by atoms with Gasteiger partial charge in [0.25, 0.3) is 0 Å². The summed E-state index contributed by atoms with van der Waals surface area (Å²) in [7, 11) is 1.36. The van der Waals surface area contributed by atoms with Crippen LogP contribution in [0.2, 0.25) is 0 Å². The molecule has 1 heterocycles. The van der Waals surface area contributed by atoms with Crippen LogP contribution in [0.25, 0.3) is 0 Å². The molecule has 3 atom stereocenters. The van der Waals surface area contributed by atoms with Crippen molar-refractivity contribution in [3.8, 4) is 5.75 Å². The van der Waals surface area contributed by atoms with Crippen molar-refractivity contribution in [3.63, 3.8) is 0 Å². The van der Waals surface area contributed by atoms with Crippen molar-refractivity contribution >= 4 is 0 Å². The summed E-state index contributed by atoms with van der Waals surface area (Å²) in [6.45, 7) is 6.81. The number of rotatable bonds is 3. The minimum absolute atomic E-state index is 0.00450. The van der Waals surface area contributed by atoms with Crippen LogP contribution >= 0.6 is 0 Å². The van der Waals surface area contributed by atoms with Crippen molar-refractivity contribution in [1.82, 2.24) is 0 Å². The summed E-state index contributed by atoms with van der Waals surface area (Å²) in [5, 5.41) is 0. The van der Waals surface area contributed by atoms with Gasteiger partial charge in [-0.05, 0) is 17.9 Å². The first-order valence-electron chi connectivity index (χ1n) is 6.60. The Morgan fingerprint density at radius 1 is 1.32 bits per heavy atom. The predicted molar refractivity (Wildman–Crippen MR) is 69.4 cm³/mol. The standard InChI is InChI=1S/C15H20F2O2/c1-8(2)14-9(3)11(7-19-14)10-5-6-12(16)13(17)15(10)18-4/h5-6,8-9,11,14H,7H2,1-4H3/t9-,11-,14-/m1/s1. The van der Waals surface area contributed by atoms with Crippen LogP contribution < -0.4 is 4.74 Å². The summed E-state index contributed by atoms with van der Waals surface area (Å²) in [5.74, 6) is -1.11. The average molecular weight is 270 g/mol. The summed E-state index contributed by atoms with van der Waals surface area (Å²) in [4.78, 5) is 0. The molecule has 0 saturated carbocycles. The molecule has 0 unspecified atom stereocenters. The summed E-state index contributed by atoms with van der Waals surface area (Å²) >= 11 is 0. The second kappa shape index (κ2) is 5.45. The molecule has 1 fully saturated rings. The highest BCUT2D eigenvalue weighted by molar-refractivity contribution is 5.39. The third kappa shape index (κ3) is 2.46. The van der Waals surface area contributed by atoms with Gasteiger partial charge in [-0.2, -0.15) is 4.39 Å². The van der Waals surface area contributed by atoms with Crippen LogP contribution in [-0.4, -0.2) is 19.8 Å². The first-order chi connectivity index (χ1) is 8.97. The quantitative estimate of drug-likeness (QED) is 0.833. The maximum atomic E-state index is 13.8. The van der Waals surface area contributed by atoms with Crippen molar-refractivity contribution in [3.05, 3.63) is 29.3 Å². The zero-order chi connectivity index (χ0) is 14.2. The molecular weight excluding hydrogens is 250 g/mol. The van der Waals surface area contributed by atoms with E-state index in [0.29, 0.717) is 18.1 Å². The topological polar surface area (TPSA) is 18.5 Å². The Bertz CT molecular complexity index is 460. The third-order valence-corrected chi connectivity index (χ3v) is 3.96. The SMILES string of the molecule is COc1c([C@@H]2CO[C@H](C(C)C)[C@@H]2C)ccc(F)c1F. The van der Waals surface area contributed by atoms with Crippen molar-refractivity contribution < 1.29 is 18.3 Å². The Hall–Kier alpha value is -1.16. The van der Waals surface area contributed by atoms with Gasteiger partial charge < -0.3 is 9.47 Å². The van der Waals surface area contributed by atoms with Crippen molar-refractivity contribution in [1.29, 1.82) is 0 Å². The second-order valence-corrected chi connectivity index (χ2v) is 5.49. The Balaban J connectivity index is 2.36. The van der Waals surface area contributed by atoms with E-state index in [9.17, 15) is 8.78 Å². The van der Waals surface area contributed by atoms with Gasteiger partial charge in [0, 0.05) is 11.5 Å². The molecule has 1 aromatic rings. The van der Waals surface area contributed by atoms with Crippen LogP contribution in [-0.2, 0) is 4.74 Å².